The lowest BCUT2D eigenvalue weighted by Crippen LogP contribution is -2.48. The molecule has 2 amide bonds. The largest absolute Gasteiger partial charge is 0.369 e. The molecule has 2 aromatic heterocycles. The Kier molecular flexibility index (Phi) is 6.76. The van der Waals surface area contributed by atoms with Gasteiger partial charge in [-0.3, -0.25) is 25.3 Å². The first kappa shape index (κ1) is 21.5. The second-order valence-electron chi connectivity index (χ2n) is 7.66. The molecular formula is C23H27N7O2. The maximum absolute atomic E-state index is 12.5. The van der Waals surface area contributed by atoms with E-state index in [1.807, 2.05) is 36.4 Å². The number of hydrazine groups is 1. The third-order valence-corrected chi connectivity index (χ3v) is 5.58. The van der Waals surface area contributed by atoms with Gasteiger partial charge in [0.15, 0.2) is 5.82 Å². The molecule has 0 aliphatic carbocycles. The van der Waals surface area contributed by atoms with Crippen LogP contribution in [0.15, 0.2) is 60.9 Å². The van der Waals surface area contributed by atoms with E-state index in [4.69, 9.17) is 0 Å². The van der Waals surface area contributed by atoms with E-state index in [0.29, 0.717) is 30.0 Å². The summed E-state index contributed by atoms with van der Waals surface area (Å²) >= 11 is 0. The molecule has 4 rings (SSSR count). The van der Waals surface area contributed by atoms with Crippen molar-refractivity contribution in [1.29, 1.82) is 0 Å². The van der Waals surface area contributed by atoms with Crippen molar-refractivity contribution in [3.63, 3.8) is 0 Å². The molecule has 1 fully saturated rings. The molecule has 9 nitrogen and oxygen atoms in total. The van der Waals surface area contributed by atoms with Gasteiger partial charge in [-0.25, -0.2) is 9.67 Å². The van der Waals surface area contributed by atoms with Crippen LogP contribution in [0.25, 0.3) is 5.82 Å². The second-order valence-corrected chi connectivity index (χ2v) is 7.66. The van der Waals surface area contributed by atoms with Crippen LogP contribution in [0.5, 0.6) is 0 Å². The predicted octanol–water partition coefficient (Wildman–Crippen LogP) is 1.55. The normalized spacial score (nSPS) is 14.2. The molecule has 0 saturated carbocycles. The standard InChI is InChI=1S/C23H27N7O2/c1-18-20(17-25-30(18)21-9-5-6-11-24-21)23(32)27-26-22(31)10-12-28-13-15-29(16-14-28)19-7-3-2-4-8-19/h2-9,11,17H,10,12-16H2,1H3,(H,26,31)(H,27,32). The molecule has 32 heavy (non-hydrogen) atoms. The summed E-state index contributed by atoms with van der Waals surface area (Å²) in [7, 11) is 0. The molecule has 0 bridgehead atoms. The zero-order chi connectivity index (χ0) is 22.3. The maximum Gasteiger partial charge on any atom is 0.273 e. The molecule has 166 valence electrons. The number of para-hydroxylation sites is 1. The molecular weight excluding hydrogens is 406 g/mol. The van der Waals surface area contributed by atoms with E-state index >= 15 is 0 Å². The number of amides is 2. The summed E-state index contributed by atoms with van der Waals surface area (Å²) in [5.41, 5.74) is 7.24. The van der Waals surface area contributed by atoms with Gasteiger partial charge in [-0.2, -0.15) is 5.10 Å². The van der Waals surface area contributed by atoms with E-state index in [2.05, 4.69) is 42.9 Å². The molecule has 3 aromatic rings. The summed E-state index contributed by atoms with van der Waals surface area (Å²) in [4.78, 5) is 33.6. The third kappa shape index (κ3) is 5.12. The average molecular weight is 434 g/mol. The number of pyridine rings is 1. The lowest BCUT2D eigenvalue weighted by molar-refractivity contribution is -0.122. The monoisotopic (exact) mass is 433 g/mol. The number of carbonyl (C=O) groups excluding carboxylic acids is 2. The minimum Gasteiger partial charge on any atom is -0.369 e. The Morgan fingerprint density at radius 3 is 2.44 bits per heavy atom. The highest BCUT2D eigenvalue weighted by Crippen LogP contribution is 2.15. The number of rotatable bonds is 6. The Balaban J connectivity index is 1.20. The van der Waals surface area contributed by atoms with Crippen molar-refractivity contribution in [2.75, 3.05) is 37.6 Å². The fourth-order valence-electron chi connectivity index (χ4n) is 3.73. The Morgan fingerprint density at radius 1 is 0.969 bits per heavy atom. The van der Waals surface area contributed by atoms with Gasteiger partial charge in [0.05, 0.1) is 17.5 Å². The van der Waals surface area contributed by atoms with Gasteiger partial charge in [0.1, 0.15) is 0 Å². The van der Waals surface area contributed by atoms with Crippen LogP contribution in [0.3, 0.4) is 0 Å². The topological polar surface area (TPSA) is 95.4 Å². The van der Waals surface area contributed by atoms with Gasteiger partial charge in [-0.15, -0.1) is 0 Å². The van der Waals surface area contributed by atoms with Gasteiger partial charge in [0, 0.05) is 51.0 Å². The zero-order valence-corrected chi connectivity index (χ0v) is 18.1. The number of anilines is 1. The molecule has 1 saturated heterocycles. The smallest absolute Gasteiger partial charge is 0.273 e. The molecule has 0 radical (unpaired) electrons. The molecule has 2 N–H and O–H groups in total. The molecule has 3 heterocycles. The highest BCUT2D eigenvalue weighted by molar-refractivity contribution is 5.96. The summed E-state index contributed by atoms with van der Waals surface area (Å²) < 4.78 is 1.59. The maximum atomic E-state index is 12.5. The van der Waals surface area contributed by atoms with Crippen LogP contribution in [-0.4, -0.2) is 64.2 Å². The number of benzene rings is 1. The van der Waals surface area contributed by atoms with Crippen LogP contribution in [0.2, 0.25) is 0 Å². The molecule has 1 aliphatic heterocycles. The molecule has 9 heteroatoms. The highest BCUT2D eigenvalue weighted by atomic mass is 16.2. The number of nitrogens with one attached hydrogen (secondary N) is 2. The van der Waals surface area contributed by atoms with Gasteiger partial charge >= 0.3 is 0 Å². The predicted molar refractivity (Wildman–Crippen MR) is 121 cm³/mol. The van der Waals surface area contributed by atoms with Crippen molar-refractivity contribution < 1.29 is 9.59 Å². The zero-order valence-electron chi connectivity index (χ0n) is 18.1. The van der Waals surface area contributed by atoms with E-state index < -0.39 is 5.91 Å². The summed E-state index contributed by atoms with van der Waals surface area (Å²) in [6.07, 6.45) is 3.45. The van der Waals surface area contributed by atoms with Crippen molar-refractivity contribution in [3.05, 3.63) is 72.2 Å². The van der Waals surface area contributed by atoms with Gasteiger partial charge in [0.25, 0.3) is 5.91 Å². The van der Waals surface area contributed by atoms with Crippen molar-refractivity contribution in [3.8, 4) is 5.82 Å². The highest BCUT2D eigenvalue weighted by Gasteiger charge is 2.19. The van der Waals surface area contributed by atoms with E-state index in [0.717, 1.165) is 26.2 Å². The number of hydrogen-bond donors (Lipinski definition) is 2. The lowest BCUT2D eigenvalue weighted by Gasteiger charge is -2.36. The number of aromatic nitrogens is 3. The van der Waals surface area contributed by atoms with Crippen molar-refractivity contribution in [2.24, 2.45) is 0 Å². The average Bonchev–Trinajstić information content (AvgIpc) is 3.24. The van der Waals surface area contributed by atoms with Gasteiger partial charge in [-0.05, 0) is 31.2 Å². The summed E-state index contributed by atoms with van der Waals surface area (Å²) in [5.74, 6) is -0.00596. The van der Waals surface area contributed by atoms with Gasteiger partial charge < -0.3 is 4.90 Å². The summed E-state index contributed by atoms with van der Waals surface area (Å²) in [5, 5.41) is 4.23. The molecule has 1 aliphatic rings. The Morgan fingerprint density at radius 2 is 1.72 bits per heavy atom. The van der Waals surface area contributed by atoms with Crippen LogP contribution in [-0.2, 0) is 4.79 Å². The third-order valence-electron chi connectivity index (χ3n) is 5.58. The number of carbonyl (C=O) groups is 2. The molecule has 0 atom stereocenters. The van der Waals surface area contributed by atoms with Gasteiger partial charge in [-0.1, -0.05) is 24.3 Å². The van der Waals surface area contributed by atoms with E-state index in [1.54, 1.807) is 17.8 Å². The van der Waals surface area contributed by atoms with Crippen LogP contribution in [0.4, 0.5) is 5.69 Å². The van der Waals surface area contributed by atoms with Crippen LogP contribution >= 0.6 is 0 Å². The van der Waals surface area contributed by atoms with Crippen LogP contribution in [0.1, 0.15) is 22.5 Å². The van der Waals surface area contributed by atoms with E-state index in [1.165, 1.54) is 11.9 Å². The number of piperazine rings is 1. The Hall–Kier alpha value is -3.72. The minimum absolute atomic E-state index is 0.224. The first-order chi connectivity index (χ1) is 15.6. The molecule has 0 spiro atoms. The summed E-state index contributed by atoms with van der Waals surface area (Å²) in [6, 6.07) is 15.8. The Labute approximate surface area is 187 Å². The number of hydrogen-bond acceptors (Lipinski definition) is 6. The van der Waals surface area contributed by atoms with Crippen LogP contribution < -0.4 is 15.8 Å². The van der Waals surface area contributed by atoms with Gasteiger partial charge in [0.2, 0.25) is 5.91 Å². The lowest BCUT2D eigenvalue weighted by atomic mass is 10.2. The SMILES string of the molecule is Cc1c(C(=O)NNC(=O)CCN2CCN(c3ccccc3)CC2)cnn1-c1ccccn1. The Bertz CT molecular complexity index is 1040. The minimum atomic E-state index is -0.408. The van der Waals surface area contributed by atoms with Crippen molar-refractivity contribution >= 4 is 17.5 Å². The van der Waals surface area contributed by atoms with Crippen molar-refractivity contribution in [2.45, 2.75) is 13.3 Å². The molecule has 1 aromatic carbocycles. The quantitative estimate of drug-likeness (QED) is 0.573. The van der Waals surface area contributed by atoms with Crippen molar-refractivity contribution in [1.82, 2.24) is 30.5 Å². The molecule has 0 unspecified atom stereocenters. The van der Waals surface area contributed by atoms with E-state index in [-0.39, 0.29) is 5.91 Å². The number of nitrogens with zero attached hydrogens (tertiary/aromatic N) is 5. The second kappa shape index (κ2) is 10.1. The fourth-order valence-corrected chi connectivity index (χ4v) is 3.73. The first-order valence-electron chi connectivity index (χ1n) is 10.7. The first-order valence-corrected chi connectivity index (χ1v) is 10.7. The van der Waals surface area contributed by atoms with Crippen LogP contribution in [0, 0.1) is 6.92 Å². The fraction of sp³-hybridized carbons (Fsp3) is 0.304. The van der Waals surface area contributed by atoms with E-state index in [9.17, 15) is 9.59 Å². The summed E-state index contributed by atoms with van der Waals surface area (Å²) in [6.45, 7) is 6.11.